The number of guanidine groups is 1. The minimum Gasteiger partial charge on any atom is -0.359 e. The first-order valence-corrected chi connectivity index (χ1v) is 12.9. The second-order valence-electron chi connectivity index (χ2n) is 8.86. The van der Waals surface area contributed by atoms with Crippen molar-refractivity contribution in [3.05, 3.63) is 0 Å². The minimum absolute atomic E-state index is 0. The Labute approximate surface area is 204 Å². The van der Waals surface area contributed by atoms with Gasteiger partial charge in [-0.25, -0.2) is 0 Å². The number of carbonyl (C=O) groups is 1. The predicted molar refractivity (Wildman–Crippen MR) is 139 cm³/mol. The Kier molecular flexibility index (Phi) is 11.6. The summed E-state index contributed by atoms with van der Waals surface area (Å²) in [4.78, 5) is 22.1. The number of aliphatic imine (C=N–C) groups is 1. The van der Waals surface area contributed by atoms with Crippen molar-refractivity contribution in [1.29, 1.82) is 0 Å². The van der Waals surface area contributed by atoms with Gasteiger partial charge in [-0.1, -0.05) is 19.3 Å². The minimum atomic E-state index is 0. The highest BCUT2D eigenvalue weighted by Crippen LogP contribution is 2.35. The fraction of sp³-hybridized carbons (Fsp3) is 0.909. The third kappa shape index (κ3) is 7.15. The van der Waals surface area contributed by atoms with Crippen LogP contribution in [0, 0.1) is 5.92 Å². The van der Waals surface area contributed by atoms with Gasteiger partial charge in [0.1, 0.15) is 0 Å². The molecular weight excluding hydrogens is 509 g/mol. The molecule has 30 heavy (non-hydrogen) atoms. The first-order chi connectivity index (χ1) is 14.2. The van der Waals surface area contributed by atoms with E-state index in [0.717, 1.165) is 45.0 Å². The first-order valence-electron chi connectivity index (χ1n) is 11.7. The Hall–Kier alpha value is -0.220. The van der Waals surface area contributed by atoms with E-state index >= 15 is 0 Å². The Morgan fingerprint density at radius 3 is 2.37 bits per heavy atom. The lowest BCUT2D eigenvalue weighted by Gasteiger charge is -2.47. The first kappa shape index (κ1) is 26.0. The molecule has 0 radical (unpaired) electrons. The molecule has 2 heterocycles. The van der Waals surface area contributed by atoms with E-state index in [-0.39, 0.29) is 35.4 Å². The summed E-state index contributed by atoms with van der Waals surface area (Å²) in [5.74, 6) is 4.30. The van der Waals surface area contributed by atoms with E-state index in [1.165, 1.54) is 56.7 Å². The van der Waals surface area contributed by atoms with Gasteiger partial charge in [0.2, 0.25) is 5.91 Å². The van der Waals surface area contributed by atoms with Crippen molar-refractivity contribution in [3.63, 3.8) is 0 Å². The van der Waals surface area contributed by atoms with Gasteiger partial charge in [0.25, 0.3) is 0 Å². The number of halogens is 1. The van der Waals surface area contributed by atoms with Gasteiger partial charge < -0.3 is 15.5 Å². The molecule has 2 aliphatic heterocycles. The number of nitrogens with zero attached hydrogens (tertiary/aromatic N) is 3. The molecule has 0 aromatic heterocycles. The molecule has 3 aliphatic rings. The smallest absolute Gasteiger partial charge is 0.220 e. The molecule has 3 fully saturated rings. The van der Waals surface area contributed by atoms with Crippen molar-refractivity contribution >= 4 is 47.6 Å². The van der Waals surface area contributed by atoms with E-state index < -0.39 is 0 Å². The predicted octanol–water partition coefficient (Wildman–Crippen LogP) is 3.17. The van der Waals surface area contributed by atoms with Crippen LogP contribution >= 0.6 is 35.7 Å². The number of amides is 1. The van der Waals surface area contributed by atoms with Gasteiger partial charge in [-0.3, -0.25) is 14.7 Å². The Bertz CT molecular complexity index is 542. The summed E-state index contributed by atoms with van der Waals surface area (Å²) in [6.45, 7) is 8.44. The highest BCUT2D eigenvalue weighted by Gasteiger charge is 2.38. The Morgan fingerprint density at radius 1 is 1.10 bits per heavy atom. The molecule has 0 aromatic rings. The van der Waals surface area contributed by atoms with Crippen molar-refractivity contribution in [1.82, 2.24) is 20.4 Å². The number of thioether (sulfide) groups is 1. The quantitative estimate of drug-likeness (QED) is 0.302. The van der Waals surface area contributed by atoms with Crippen LogP contribution in [0.3, 0.4) is 0 Å². The largest absolute Gasteiger partial charge is 0.359 e. The zero-order valence-electron chi connectivity index (χ0n) is 19.0. The van der Waals surface area contributed by atoms with Crippen LogP contribution in [0.2, 0.25) is 0 Å². The number of carbonyl (C=O) groups excluding carboxylic acids is 1. The molecule has 3 rings (SSSR count). The molecular formula is C22H42IN5OS. The highest BCUT2D eigenvalue weighted by atomic mass is 127. The van der Waals surface area contributed by atoms with Crippen LogP contribution in [-0.4, -0.2) is 85.0 Å². The topological polar surface area (TPSA) is 60.0 Å². The SMILES string of the molecule is CCNC(=NCC1(N2CCSCC2)CCCCC1)N1CCC(CC(=O)NC)CC1.I. The molecule has 8 heteroatoms. The van der Waals surface area contributed by atoms with E-state index in [9.17, 15) is 4.79 Å². The Morgan fingerprint density at radius 2 is 1.77 bits per heavy atom. The van der Waals surface area contributed by atoms with Gasteiger partial charge >= 0.3 is 0 Å². The van der Waals surface area contributed by atoms with Crippen LogP contribution in [0.1, 0.15) is 58.3 Å². The third-order valence-corrected chi connectivity index (χ3v) is 7.93. The summed E-state index contributed by atoms with van der Waals surface area (Å²) >= 11 is 2.10. The second-order valence-corrected chi connectivity index (χ2v) is 10.1. The molecule has 0 atom stereocenters. The van der Waals surface area contributed by atoms with Crippen LogP contribution < -0.4 is 10.6 Å². The lowest BCUT2D eigenvalue weighted by Crippen LogP contribution is -2.56. The van der Waals surface area contributed by atoms with Gasteiger partial charge in [-0.2, -0.15) is 11.8 Å². The maximum absolute atomic E-state index is 11.7. The summed E-state index contributed by atoms with van der Waals surface area (Å²) in [5, 5.41) is 6.32. The number of likely N-dealkylation sites (tertiary alicyclic amines) is 1. The molecule has 174 valence electrons. The number of hydrogen-bond acceptors (Lipinski definition) is 4. The fourth-order valence-electron chi connectivity index (χ4n) is 5.18. The molecule has 0 unspecified atom stereocenters. The maximum atomic E-state index is 11.7. The number of rotatable bonds is 6. The summed E-state index contributed by atoms with van der Waals surface area (Å²) in [6.07, 6.45) is 9.49. The van der Waals surface area contributed by atoms with Crippen molar-refractivity contribution in [2.24, 2.45) is 10.9 Å². The maximum Gasteiger partial charge on any atom is 0.220 e. The average Bonchev–Trinajstić information content (AvgIpc) is 2.78. The number of hydrogen-bond donors (Lipinski definition) is 2. The Balaban J connectivity index is 0.00000320. The van der Waals surface area contributed by atoms with E-state index in [2.05, 4.69) is 39.1 Å². The fourth-order valence-corrected chi connectivity index (χ4v) is 6.09. The van der Waals surface area contributed by atoms with Crippen LogP contribution in [-0.2, 0) is 4.79 Å². The third-order valence-electron chi connectivity index (χ3n) is 6.99. The molecule has 0 aromatic carbocycles. The summed E-state index contributed by atoms with van der Waals surface area (Å²) in [6, 6.07) is 0. The summed E-state index contributed by atoms with van der Waals surface area (Å²) in [7, 11) is 1.73. The van der Waals surface area contributed by atoms with Crippen molar-refractivity contribution < 1.29 is 4.79 Å². The van der Waals surface area contributed by atoms with E-state index in [0.29, 0.717) is 12.3 Å². The molecule has 1 saturated carbocycles. The van der Waals surface area contributed by atoms with Gasteiger partial charge in [0.15, 0.2) is 5.96 Å². The second kappa shape index (κ2) is 13.4. The summed E-state index contributed by atoms with van der Waals surface area (Å²) < 4.78 is 0. The van der Waals surface area contributed by atoms with Crippen LogP contribution in [0.4, 0.5) is 0 Å². The van der Waals surface area contributed by atoms with Crippen molar-refractivity contribution in [2.45, 2.75) is 63.8 Å². The number of piperidine rings is 1. The lowest BCUT2D eigenvalue weighted by molar-refractivity contribution is -0.121. The van der Waals surface area contributed by atoms with Gasteiger partial charge in [0, 0.05) is 63.2 Å². The number of nitrogens with one attached hydrogen (secondary N) is 2. The molecule has 0 bridgehead atoms. The van der Waals surface area contributed by atoms with Crippen LogP contribution in [0.25, 0.3) is 0 Å². The van der Waals surface area contributed by atoms with E-state index in [1.54, 1.807) is 7.05 Å². The van der Waals surface area contributed by atoms with E-state index in [1.807, 2.05) is 0 Å². The molecule has 2 N–H and O–H groups in total. The molecule has 6 nitrogen and oxygen atoms in total. The van der Waals surface area contributed by atoms with E-state index in [4.69, 9.17) is 4.99 Å². The average molecular weight is 552 g/mol. The normalized spacial score (nSPS) is 23.5. The molecule has 1 aliphatic carbocycles. The zero-order chi connectivity index (χ0) is 20.5. The van der Waals surface area contributed by atoms with Gasteiger partial charge in [-0.15, -0.1) is 24.0 Å². The van der Waals surface area contributed by atoms with Crippen molar-refractivity contribution in [3.8, 4) is 0 Å². The monoisotopic (exact) mass is 551 g/mol. The molecule has 0 spiro atoms. The molecule has 2 saturated heterocycles. The zero-order valence-corrected chi connectivity index (χ0v) is 22.1. The van der Waals surface area contributed by atoms with Gasteiger partial charge in [0.05, 0.1) is 6.54 Å². The van der Waals surface area contributed by atoms with Crippen molar-refractivity contribution in [2.75, 3.05) is 57.8 Å². The summed E-state index contributed by atoms with van der Waals surface area (Å²) in [5.41, 5.74) is 0.275. The molecule has 1 amide bonds. The van der Waals surface area contributed by atoms with Crippen LogP contribution in [0.15, 0.2) is 4.99 Å². The van der Waals surface area contributed by atoms with Gasteiger partial charge in [-0.05, 0) is 38.5 Å². The van der Waals surface area contributed by atoms with Crippen LogP contribution in [0.5, 0.6) is 0 Å². The standard InChI is InChI=1S/C22H41N5OS.HI/c1-3-24-21(26-11-7-19(8-12-26)17-20(28)23-2)25-18-22(9-5-4-6-10-22)27-13-15-29-16-14-27;/h19H,3-18H2,1-2H3,(H,23,28)(H,24,25);1H. The lowest BCUT2D eigenvalue weighted by atomic mass is 9.80. The highest BCUT2D eigenvalue weighted by molar-refractivity contribution is 14.0.